The Morgan fingerprint density at radius 2 is 2.06 bits per heavy atom. The molecule has 3 rings (SSSR count). The molecule has 6 heteroatoms. The molecule has 0 spiro atoms. The Morgan fingerprint density at radius 1 is 1.31 bits per heavy atom. The highest BCUT2D eigenvalue weighted by Gasteiger charge is 2.16. The van der Waals surface area contributed by atoms with Crippen LogP contribution in [0.3, 0.4) is 0 Å². The summed E-state index contributed by atoms with van der Waals surface area (Å²) in [5.74, 6) is 0. The van der Waals surface area contributed by atoms with Gasteiger partial charge in [-0.3, -0.25) is 0 Å². The normalized spacial score (nSPS) is 11.3. The molecule has 0 radical (unpaired) electrons. The molecule has 0 bridgehead atoms. The zero-order chi connectivity index (χ0) is 11.3. The van der Waals surface area contributed by atoms with Crippen molar-refractivity contribution in [3.63, 3.8) is 0 Å². The highest BCUT2D eigenvalue weighted by atomic mass is 32.1. The average molecular weight is 234 g/mol. The molecule has 0 aliphatic heterocycles. The van der Waals surface area contributed by atoms with Crippen molar-refractivity contribution in [2.75, 3.05) is 0 Å². The Balaban J connectivity index is 2.76. The van der Waals surface area contributed by atoms with Gasteiger partial charge in [0.1, 0.15) is 5.52 Å². The standard InChI is InChI=1S/C10H7N3O2S/c1-12-8(14)11-9(15)13-6-4-2-3-5-7(6)16-10(12)13/h2-5H,1H3/p+1. The van der Waals surface area contributed by atoms with Crippen LogP contribution in [-0.4, -0.2) is 9.38 Å². The topological polar surface area (TPSA) is 58.2 Å². The molecule has 0 unspecified atom stereocenters. The summed E-state index contributed by atoms with van der Waals surface area (Å²) < 4.78 is 3.93. The Labute approximate surface area is 93.2 Å². The summed E-state index contributed by atoms with van der Waals surface area (Å²) in [7, 11) is 1.64. The number of aromatic nitrogens is 3. The van der Waals surface area contributed by atoms with Gasteiger partial charge in [0.2, 0.25) is 0 Å². The van der Waals surface area contributed by atoms with Crippen molar-refractivity contribution < 1.29 is 4.57 Å². The Bertz CT molecular complexity index is 812. The number of H-pyrrole nitrogens is 1. The summed E-state index contributed by atoms with van der Waals surface area (Å²) in [6.45, 7) is 0. The number of nitrogens with one attached hydrogen (secondary N) is 1. The fourth-order valence-corrected chi connectivity index (χ4v) is 2.81. The maximum Gasteiger partial charge on any atom is 0.451 e. The summed E-state index contributed by atoms with van der Waals surface area (Å²) >= 11 is 1.42. The number of thiazole rings is 1. The molecule has 0 amide bonds. The van der Waals surface area contributed by atoms with Crippen LogP contribution in [0.15, 0.2) is 33.9 Å². The van der Waals surface area contributed by atoms with Gasteiger partial charge in [0.15, 0.2) is 0 Å². The molecule has 0 atom stereocenters. The van der Waals surface area contributed by atoms with Gasteiger partial charge in [0, 0.05) is 0 Å². The van der Waals surface area contributed by atoms with E-state index >= 15 is 0 Å². The third kappa shape index (κ3) is 1.07. The van der Waals surface area contributed by atoms with E-state index in [1.54, 1.807) is 7.05 Å². The van der Waals surface area contributed by atoms with Crippen LogP contribution >= 0.6 is 11.3 Å². The minimum atomic E-state index is -0.393. The van der Waals surface area contributed by atoms with E-state index in [0.717, 1.165) is 10.2 Å². The van der Waals surface area contributed by atoms with E-state index in [4.69, 9.17) is 0 Å². The largest absolute Gasteiger partial charge is 0.451 e. The fourth-order valence-electron chi connectivity index (χ4n) is 1.71. The minimum absolute atomic E-state index is 0.392. The van der Waals surface area contributed by atoms with Gasteiger partial charge in [-0.1, -0.05) is 23.5 Å². The van der Waals surface area contributed by atoms with Crippen LogP contribution in [0.5, 0.6) is 0 Å². The molecule has 1 N–H and O–H groups in total. The van der Waals surface area contributed by atoms with E-state index in [0.29, 0.717) is 4.96 Å². The fraction of sp³-hybridized carbons (Fsp3) is 0.100. The van der Waals surface area contributed by atoms with Gasteiger partial charge in [-0.15, -0.1) is 0 Å². The van der Waals surface area contributed by atoms with E-state index in [2.05, 4.69) is 4.98 Å². The number of fused-ring (bicyclic) bond motifs is 3. The Kier molecular flexibility index (Phi) is 1.75. The van der Waals surface area contributed by atoms with Crippen molar-refractivity contribution in [3.8, 4) is 0 Å². The molecule has 2 heterocycles. The minimum Gasteiger partial charge on any atom is -0.212 e. The number of aromatic amines is 1. The first-order chi connectivity index (χ1) is 7.68. The highest BCUT2D eigenvalue weighted by Crippen LogP contribution is 2.21. The molecule has 0 saturated carbocycles. The number of hydrogen-bond donors (Lipinski definition) is 1. The molecule has 80 valence electrons. The van der Waals surface area contributed by atoms with Crippen LogP contribution in [-0.2, 0) is 7.05 Å². The first-order valence-electron chi connectivity index (χ1n) is 4.71. The summed E-state index contributed by atoms with van der Waals surface area (Å²) in [5, 5.41) is 0. The number of nitrogens with zero attached hydrogens (tertiary/aromatic N) is 2. The molecule has 3 aromatic rings. The zero-order valence-corrected chi connectivity index (χ0v) is 9.25. The molecule has 0 fully saturated rings. The second-order valence-corrected chi connectivity index (χ2v) is 4.49. The Morgan fingerprint density at radius 3 is 2.88 bits per heavy atom. The lowest BCUT2D eigenvalue weighted by atomic mass is 10.3. The molecular formula is C10H8N3O2S+. The molecule has 16 heavy (non-hydrogen) atoms. The third-order valence-electron chi connectivity index (χ3n) is 2.51. The molecule has 5 nitrogen and oxygen atoms in total. The van der Waals surface area contributed by atoms with Crippen molar-refractivity contribution in [2.24, 2.45) is 7.05 Å². The first kappa shape index (κ1) is 9.29. The smallest absolute Gasteiger partial charge is 0.212 e. The summed E-state index contributed by atoms with van der Waals surface area (Å²) in [6, 6.07) is 7.56. The van der Waals surface area contributed by atoms with Crippen molar-refractivity contribution in [1.82, 2.24) is 9.38 Å². The number of aryl methyl sites for hydroxylation is 1. The highest BCUT2D eigenvalue weighted by molar-refractivity contribution is 7.23. The van der Waals surface area contributed by atoms with Gasteiger partial charge in [0.25, 0.3) is 0 Å². The van der Waals surface area contributed by atoms with Crippen molar-refractivity contribution >= 4 is 26.5 Å². The van der Waals surface area contributed by atoms with Gasteiger partial charge >= 0.3 is 16.3 Å². The van der Waals surface area contributed by atoms with Crippen LogP contribution in [0.2, 0.25) is 0 Å². The monoisotopic (exact) mass is 234 g/mol. The van der Waals surface area contributed by atoms with E-state index < -0.39 is 11.4 Å². The van der Waals surface area contributed by atoms with Gasteiger partial charge in [-0.2, -0.15) is 14.0 Å². The average Bonchev–Trinajstić information content (AvgIpc) is 2.65. The lowest BCUT2D eigenvalue weighted by molar-refractivity contribution is -0.664. The summed E-state index contributed by atoms with van der Waals surface area (Å²) in [6.07, 6.45) is 0. The molecule has 0 aliphatic carbocycles. The van der Waals surface area contributed by atoms with Gasteiger partial charge in [-0.25, -0.2) is 9.59 Å². The van der Waals surface area contributed by atoms with Crippen LogP contribution in [0.25, 0.3) is 15.2 Å². The lowest BCUT2D eigenvalue weighted by Gasteiger charge is -1.90. The number of hydrogen-bond acceptors (Lipinski definition) is 3. The summed E-state index contributed by atoms with van der Waals surface area (Å²) in [4.78, 5) is 26.1. The maximum absolute atomic E-state index is 11.7. The van der Waals surface area contributed by atoms with Crippen molar-refractivity contribution in [3.05, 3.63) is 45.2 Å². The SMILES string of the molecule is C[n+]1c(=O)[nH]c(=O)n2c3ccccc3sc21. The number of para-hydroxylation sites is 1. The first-order valence-corrected chi connectivity index (χ1v) is 5.53. The quantitative estimate of drug-likeness (QED) is 0.558. The molecule has 0 saturated heterocycles. The molecule has 1 aromatic carbocycles. The molecule has 0 aliphatic rings. The van der Waals surface area contributed by atoms with Crippen molar-refractivity contribution in [2.45, 2.75) is 0 Å². The predicted octanol–water partition coefficient (Wildman–Crippen LogP) is 0.0270. The summed E-state index contributed by atoms with van der Waals surface area (Å²) in [5.41, 5.74) is 0.0338. The van der Waals surface area contributed by atoms with Crippen LogP contribution in [0, 0.1) is 0 Å². The van der Waals surface area contributed by atoms with Gasteiger partial charge in [0.05, 0.1) is 11.7 Å². The lowest BCUT2D eigenvalue weighted by Crippen LogP contribution is -2.52. The van der Waals surface area contributed by atoms with E-state index in [-0.39, 0.29) is 0 Å². The van der Waals surface area contributed by atoms with Gasteiger partial charge in [-0.05, 0) is 12.1 Å². The van der Waals surface area contributed by atoms with Crippen LogP contribution < -0.4 is 15.9 Å². The molecular weight excluding hydrogens is 226 g/mol. The van der Waals surface area contributed by atoms with Gasteiger partial charge < -0.3 is 0 Å². The van der Waals surface area contributed by atoms with Crippen LogP contribution in [0.4, 0.5) is 0 Å². The third-order valence-corrected chi connectivity index (χ3v) is 3.71. The van der Waals surface area contributed by atoms with Crippen LogP contribution in [0.1, 0.15) is 0 Å². The van der Waals surface area contributed by atoms with E-state index in [1.807, 2.05) is 24.3 Å². The zero-order valence-electron chi connectivity index (χ0n) is 8.43. The second-order valence-electron chi connectivity index (χ2n) is 3.48. The van der Waals surface area contributed by atoms with Crippen molar-refractivity contribution in [1.29, 1.82) is 0 Å². The van der Waals surface area contributed by atoms with E-state index in [1.165, 1.54) is 20.3 Å². The number of rotatable bonds is 0. The Hall–Kier alpha value is -1.95. The maximum atomic E-state index is 11.7. The van der Waals surface area contributed by atoms with E-state index in [9.17, 15) is 9.59 Å². The number of benzene rings is 1. The predicted molar refractivity (Wildman–Crippen MR) is 60.8 cm³/mol. The second kappa shape index (κ2) is 3.02. The molecule has 2 aromatic heterocycles.